The number of rotatable bonds is 8. The molecule has 23 heavy (non-hydrogen) atoms. The number of amides is 1. The fourth-order valence-electron chi connectivity index (χ4n) is 1.67. The smallest absolute Gasteiger partial charge is 0.251 e. The van der Waals surface area contributed by atoms with Crippen LogP contribution in [0.3, 0.4) is 0 Å². The highest BCUT2D eigenvalue weighted by atomic mass is 16.2. The van der Waals surface area contributed by atoms with Crippen LogP contribution in [0.1, 0.15) is 29.8 Å². The zero-order chi connectivity index (χ0) is 17.7. The number of aliphatic hydroxyl groups excluding tert-OH is 1. The van der Waals surface area contributed by atoms with Gasteiger partial charge in [-0.3, -0.25) is 9.79 Å². The summed E-state index contributed by atoms with van der Waals surface area (Å²) < 4.78 is 0. The van der Waals surface area contributed by atoms with Gasteiger partial charge in [0, 0.05) is 25.3 Å². The number of aliphatic hydroxyl groups is 1. The van der Waals surface area contributed by atoms with Gasteiger partial charge in [0.1, 0.15) is 0 Å². The van der Waals surface area contributed by atoms with Crippen LogP contribution in [0.5, 0.6) is 0 Å². The van der Waals surface area contributed by atoms with E-state index in [1.165, 1.54) is 0 Å². The minimum atomic E-state index is -0.128. The van der Waals surface area contributed by atoms with Gasteiger partial charge in [-0.05, 0) is 30.5 Å². The molecule has 5 nitrogen and oxygen atoms in total. The van der Waals surface area contributed by atoms with Crippen LogP contribution in [0.2, 0.25) is 0 Å². The first-order valence-electron chi connectivity index (χ1n) is 7.40. The van der Waals surface area contributed by atoms with Crippen molar-refractivity contribution < 1.29 is 9.90 Å². The number of nitrogens with one attached hydrogen (secondary N) is 2. The molecule has 0 aliphatic heterocycles. The first kappa shape index (κ1) is 20.8. The normalized spacial score (nSPS) is 10.6. The maximum absolute atomic E-state index is 12.0. The summed E-state index contributed by atoms with van der Waals surface area (Å²) in [4.78, 5) is 15.8. The molecule has 0 spiro atoms. The van der Waals surface area contributed by atoms with E-state index in [4.69, 9.17) is 5.11 Å². The third-order valence-corrected chi connectivity index (χ3v) is 2.87. The minimum absolute atomic E-state index is 0.128. The summed E-state index contributed by atoms with van der Waals surface area (Å²) in [5.74, 6) is -0.128. The van der Waals surface area contributed by atoms with Gasteiger partial charge in [-0.1, -0.05) is 38.6 Å². The highest BCUT2D eigenvalue weighted by molar-refractivity contribution is 5.94. The molecule has 0 radical (unpaired) electrons. The van der Waals surface area contributed by atoms with Crippen molar-refractivity contribution in [2.45, 2.75) is 26.4 Å². The number of hydrogen-bond acceptors (Lipinski definition) is 4. The summed E-state index contributed by atoms with van der Waals surface area (Å²) in [5.41, 5.74) is 2.46. The lowest BCUT2D eigenvalue weighted by Crippen LogP contribution is -2.25. The third-order valence-electron chi connectivity index (χ3n) is 2.87. The summed E-state index contributed by atoms with van der Waals surface area (Å²) in [6.45, 7) is 12.4. The van der Waals surface area contributed by atoms with Gasteiger partial charge in [0.15, 0.2) is 0 Å². The van der Waals surface area contributed by atoms with E-state index in [0.717, 1.165) is 19.2 Å². The molecule has 1 aromatic carbocycles. The van der Waals surface area contributed by atoms with Crippen LogP contribution in [0.25, 0.3) is 0 Å². The molecule has 5 heteroatoms. The standard InChI is InChI=1S/C17H23N3O.CH4O/c1-5-6-16(18-4)12-20-17(21)15-9-7-14(8-10-15)11-19-13(2)3;1-2/h5-10,13,19H,1,4,11-12H2,2-3H3,(H,20,21);2H,1H3/b16-6-;. The van der Waals surface area contributed by atoms with Crippen LogP contribution < -0.4 is 10.6 Å². The van der Waals surface area contributed by atoms with Crippen LogP contribution in [0.15, 0.2) is 53.7 Å². The van der Waals surface area contributed by atoms with Crippen molar-refractivity contribution >= 4 is 12.6 Å². The van der Waals surface area contributed by atoms with E-state index in [1.54, 1.807) is 12.2 Å². The van der Waals surface area contributed by atoms with E-state index in [1.807, 2.05) is 24.3 Å². The molecule has 0 saturated heterocycles. The maximum atomic E-state index is 12.0. The van der Waals surface area contributed by atoms with Crippen LogP contribution in [0.4, 0.5) is 0 Å². The summed E-state index contributed by atoms with van der Waals surface area (Å²) in [6, 6.07) is 8.00. The molecule has 3 N–H and O–H groups in total. The fraction of sp³-hybridized carbons (Fsp3) is 0.333. The molecule has 0 saturated carbocycles. The molecule has 0 aliphatic rings. The molecule has 1 rings (SSSR count). The average molecular weight is 317 g/mol. The largest absolute Gasteiger partial charge is 0.400 e. The molecule has 0 heterocycles. The van der Waals surface area contributed by atoms with Crippen molar-refractivity contribution in [3.05, 3.63) is 59.8 Å². The predicted octanol–water partition coefficient (Wildman–Crippen LogP) is 2.29. The van der Waals surface area contributed by atoms with Gasteiger partial charge >= 0.3 is 0 Å². The Bertz CT molecular complexity index is 520. The summed E-state index contributed by atoms with van der Waals surface area (Å²) in [5, 5.41) is 13.1. The second-order valence-electron chi connectivity index (χ2n) is 4.97. The zero-order valence-corrected chi connectivity index (χ0v) is 14.2. The van der Waals surface area contributed by atoms with Crippen LogP contribution >= 0.6 is 0 Å². The number of benzene rings is 1. The second kappa shape index (κ2) is 12.3. The first-order chi connectivity index (χ1) is 11.1. The van der Waals surface area contributed by atoms with Crippen molar-refractivity contribution in [1.29, 1.82) is 0 Å². The first-order valence-corrected chi connectivity index (χ1v) is 7.40. The van der Waals surface area contributed by atoms with E-state index >= 15 is 0 Å². The Balaban J connectivity index is 0.00000232. The van der Waals surface area contributed by atoms with Crippen molar-refractivity contribution in [3.8, 4) is 0 Å². The van der Waals surface area contributed by atoms with Gasteiger partial charge in [-0.15, -0.1) is 0 Å². The molecule has 1 aromatic rings. The number of aliphatic imine (C=N–C) groups is 1. The van der Waals surface area contributed by atoms with Gasteiger partial charge < -0.3 is 15.7 Å². The Morgan fingerprint density at radius 2 is 1.91 bits per heavy atom. The molecule has 1 amide bonds. The van der Waals surface area contributed by atoms with Crippen molar-refractivity contribution in [1.82, 2.24) is 10.6 Å². The van der Waals surface area contributed by atoms with Crippen LogP contribution in [-0.2, 0) is 6.54 Å². The van der Waals surface area contributed by atoms with Crippen molar-refractivity contribution in [3.63, 3.8) is 0 Å². The Kier molecular flexibility index (Phi) is 11.1. The topological polar surface area (TPSA) is 73.7 Å². The summed E-state index contributed by atoms with van der Waals surface area (Å²) in [6.07, 6.45) is 3.33. The predicted molar refractivity (Wildman–Crippen MR) is 96.7 cm³/mol. The molecular weight excluding hydrogens is 290 g/mol. The van der Waals surface area contributed by atoms with E-state index in [2.05, 4.69) is 42.8 Å². The highest BCUT2D eigenvalue weighted by Crippen LogP contribution is 2.05. The molecular formula is C18H27N3O2. The number of nitrogens with zero attached hydrogens (tertiary/aromatic N) is 1. The number of carbonyl (C=O) groups excluding carboxylic acids is 1. The van der Waals surface area contributed by atoms with Crippen molar-refractivity contribution in [2.75, 3.05) is 13.7 Å². The monoisotopic (exact) mass is 317 g/mol. The zero-order valence-electron chi connectivity index (χ0n) is 14.2. The SMILES string of the molecule is C=C/C=C(/CNC(=O)c1ccc(CNC(C)C)cc1)N=C.CO. The van der Waals surface area contributed by atoms with E-state index in [9.17, 15) is 4.79 Å². The summed E-state index contributed by atoms with van der Waals surface area (Å²) in [7, 11) is 1.00. The highest BCUT2D eigenvalue weighted by Gasteiger charge is 2.05. The Morgan fingerprint density at radius 3 is 2.39 bits per heavy atom. The Morgan fingerprint density at radius 1 is 1.30 bits per heavy atom. The van der Waals surface area contributed by atoms with E-state index < -0.39 is 0 Å². The lowest BCUT2D eigenvalue weighted by atomic mass is 10.1. The van der Waals surface area contributed by atoms with E-state index in [0.29, 0.717) is 23.8 Å². The van der Waals surface area contributed by atoms with Gasteiger partial charge in [-0.25, -0.2) is 0 Å². The Hall–Kier alpha value is -2.24. The van der Waals surface area contributed by atoms with Gasteiger partial charge in [-0.2, -0.15) is 0 Å². The maximum Gasteiger partial charge on any atom is 0.251 e. The molecule has 0 bridgehead atoms. The second-order valence-corrected chi connectivity index (χ2v) is 4.97. The van der Waals surface area contributed by atoms with Crippen LogP contribution in [-0.4, -0.2) is 37.4 Å². The lowest BCUT2D eigenvalue weighted by Gasteiger charge is -2.09. The van der Waals surface area contributed by atoms with Crippen molar-refractivity contribution in [2.24, 2.45) is 4.99 Å². The van der Waals surface area contributed by atoms with Gasteiger partial charge in [0.25, 0.3) is 5.91 Å². The molecule has 0 atom stereocenters. The number of allylic oxidation sites excluding steroid dienone is 2. The third kappa shape index (κ3) is 8.70. The van der Waals surface area contributed by atoms with Gasteiger partial charge in [0.2, 0.25) is 0 Å². The molecule has 0 unspecified atom stereocenters. The number of hydrogen-bond donors (Lipinski definition) is 3. The lowest BCUT2D eigenvalue weighted by molar-refractivity contribution is 0.0957. The molecule has 0 aliphatic carbocycles. The minimum Gasteiger partial charge on any atom is -0.400 e. The average Bonchev–Trinajstić information content (AvgIpc) is 2.58. The summed E-state index contributed by atoms with van der Waals surface area (Å²) >= 11 is 0. The molecule has 0 fully saturated rings. The molecule has 126 valence electrons. The Labute approximate surface area is 138 Å². The number of carbonyl (C=O) groups is 1. The van der Waals surface area contributed by atoms with Gasteiger partial charge in [0.05, 0.1) is 12.2 Å². The van der Waals surface area contributed by atoms with Crippen LogP contribution in [0, 0.1) is 0 Å². The van der Waals surface area contributed by atoms with E-state index in [-0.39, 0.29) is 5.91 Å². The fourth-order valence-corrected chi connectivity index (χ4v) is 1.67. The molecule has 0 aromatic heterocycles. The quantitative estimate of drug-likeness (QED) is 0.509.